The molecule has 0 spiro atoms. The Bertz CT molecular complexity index is 1120. The number of nitrogens with one attached hydrogen (secondary N) is 1. The molecule has 1 aromatic carbocycles. The molecule has 3 heterocycles. The summed E-state index contributed by atoms with van der Waals surface area (Å²) >= 11 is 1.27. The Morgan fingerprint density at radius 1 is 1.11 bits per heavy atom. The van der Waals surface area contributed by atoms with Crippen molar-refractivity contribution in [1.29, 1.82) is 0 Å². The van der Waals surface area contributed by atoms with Crippen molar-refractivity contribution in [2.45, 2.75) is 6.18 Å². The number of alkyl halides is 3. The first-order chi connectivity index (χ1) is 12.9. The monoisotopic (exact) mass is 389 g/mol. The van der Waals surface area contributed by atoms with Crippen LogP contribution in [0.1, 0.15) is 16.1 Å². The number of fused-ring (bicyclic) bond motifs is 1. The maximum absolute atomic E-state index is 13.3. The van der Waals surface area contributed by atoms with Crippen molar-refractivity contribution in [3.8, 4) is 11.3 Å². The molecule has 0 radical (unpaired) electrons. The summed E-state index contributed by atoms with van der Waals surface area (Å²) in [6, 6.07) is 8.17. The number of carbonyl (C=O) groups excluding carboxylic acids is 1. The van der Waals surface area contributed by atoms with E-state index in [0.717, 1.165) is 6.07 Å². The Kier molecular flexibility index (Phi) is 4.11. The van der Waals surface area contributed by atoms with Crippen LogP contribution < -0.4 is 5.32 Å². The lowest BCUT2D eigenvalue weighted by Gasteiger charge is -2.12. The third-order valence-corrected chi connectivity index (χ3v) is 4.36. The summed E-state index contributed by atoms with van der Waals surface area (Å²) in [5.41, 5.74) is 1.40. The zero-order valence-electron chi connectivity index (χ0n) is 13.4. The average molecular weight is 389 g/mol. The summed E-state index contributed by atoms with van der Waals surface area (Å²) in [7, 11) is 0. The third-order valence-electron chi connectivity index (χ3n) is 3.78. The molecule has 27 heavy (non-hydrogen) atoms. The summed E-state index contributed by atoms with van der Waals surface area (Å²) in [6.45, 7) is 0. The SMILES string of the molecule is O=C(Nc1cnc2ccc(-c3ccccc3C(F)(F)F)nn12)c1cscn1. The van der Waals surface area contributed by atoms with Crippen LogP contribution in [0.4, 0.5) is 19.0 Å². The van der Waals surface area contributed by atoms with E-state index >= 15 is 0 Å². The molecule has 0 unspecified atom stereocenters. The van der Waals surface area contributed by atoms with Crippen LogP contribution in [0.15, 0.2) is 53.5 Å². The molecule has 1 N–H and O–H groups in total. The van der Waals surface area contributed by atoms with E-state index in [9.17, 15) is 18.0 Å². The number of aromatic nitrogens is 4. The number of thiazole rings is 1. The summed E-state index contributed by atoms with van der Waals surface area (Å²) < 4.78 is 41.1. The molecule has 0 aliphatic carbocycles. The van der Waals surface area contributed by atoms with Gasteiger partial charge in [-0.2, -0.15) is 22.8 Å². The van der Waals surface area contributed by atoms with Gasteiger partial charge in [-0.1, -0.05) is 18.2 Å². The van der Waals surface area contributed by atoms with E-state index in [4.69, 9.17) is 0 Å². The smallest absolute Gasteiger partial charge is 0.304 e. The molecule has 10 heteroatoms. The van der Waals surface area contributed by atoms with Gasteiger partial charge in [0.1, 0.15) is 5.69 Å². The lowest BCUT2D eigenvalue weighted by atomic mass is 10.0. The van der Waals surface area contributed by atoms with E-state index in [-0.39, 0.29) is 22.8 Å². The van der Waals surface area contributed by atoms with Crippen molar-refractivity contribution in [2.75, 3.05) is 5.32 Å². The van der Waals surface area contributed by atoms with Gasteiger partial charge >= 0.3 is 6.18 Å². The second-order valence-corrected chi connectivity index (χ2v) is 6.22. The Balaban J connectivity index is 1.76. The fourth-order valence-electron chi connectivity index (χ4n) is 2.56. The molecule has 0 aliphatic heterocycles. The van der Waals surface area contributed by atoms with Gasteiger partial charge in [0.15, 0.2) is 11.5 Å². The van der Waals surface area contributed by atoms with E-state index in [1.54, 1.807) is 5.38 Å². The second kappa shape index (κ2) is 6.47. The normalized spacial score (nSPS) is 11.7. The van der Waals surface area contributed by atoms with Crippen LogP contribution in [0.3, 0.4) is 0 Å². The van der Waals surface area contributed by atoms with Gasteiger partial charge in [0.05, 0.1) is 23.0 Å². The van der Waals surface area contributed by atoms with Crippen LogP contribution in [-0.2, 0) is 6.18 Å². The van der Waals surface area contributed by atoms with Gasteiger partial charge in [-0.15, -0.1) is 11.3 Å². The first-order valence-electron chi connectivity index (χ1n) is 7.64. The highest BCUT2D eigenvalue weighted by Gasteiger charge is 2.33. The van der Waals surface area contributed by atoms with Crippen LogP contribution in [0.5, 0.6) is 0 Å². The standard InChI is InChI=1S/C17H10F3N5OS/c18-17(19,20)11-4-2-1-3-10(11)12-5-6-14-21-7-15(25(14)24-12)23-16(26)13-8-27-9-22-13/h1-9H,(H,23,26). The number of halogens is 3. The number of rotatable bonds is 3. The molecular formula is C17H10F3N5OS. The number of hydrogen-bond acceptors (Lipinski definition) is 5. The van der Waals surface area contributed by atoms with Crippen molar-refractivity contribution in [3.63, 3.8) is 0 Å². The molecule has 0 saturated carbocycles. The first-order valence-corrected chi connectivity index (χ1v) is 8.59. The van der Waals surface area contributed by atoms with Gasteiger partial charge in [0.2, 0.25) is 0 Å². The van der Waals surface area contributed by atoms with Crippen molar-refractivity contribution >= 4 is 28.7 Å². The van der Waals surface area contributed by atoms with Crippen molar-refractivity contribution in [3.05, 3.63) is 64.7 Å². The summed E-state index contributed by atoms with van der Waals surface area (Å²) in [4.78, 5) is 20.2. The molecule has 0 atom stereocenters. The van der Waals surface area contributed by atoms with Gasteiger partial charge in [-0.3, -0.25) is 4.79 Å². The molecule has 0 saturated heterocycles. The highest BCUT2D eigenvalue weighted by molar-refractivity contribution is 7.07. The van der Waals surface area contributed by atoms with Crippen LogP contribution >= 0.6 is 11.3 Å². The summed E-state index contributed by atoms with van der Waals surface area (Å²) in [6.07, 6.45) is -3.13. The van der Waals surface area contributed by atoms with Crippen LogP contribution in [0, 0.1) is 0 Å². The highest BCUT2D eigenvalue weighted by atomic mass is 32.1. The molecule has 1 amide bonds. The molecule has 4 rings (SSSR count). The minimum absolute atomic E-state index is 0.0580. The van der Waals surface area contributed by atoms with E-state index in [0.29, 0.717) is 5.65 Å². The number of hydrogen-bond donors (Lipinski definition) is 1. The average Bonchev–Trinajstić information content (AvgIpc) is 3.31. The maximum atomic E-state index is 13.3. The lowest BCUT2D eigenvalue weighted by molar-refractivity contribution is -0.137. The van der Waals surface area contributed by atoms with Crippen molar-refractivity contribution in [2.24, 2.45) is 0 Å². The predicted octanol–water partition coefficient (Wildman–Crippen LogP) is 4.12. The largest absolute Gasteiger partial charge is 0.417 e. The minimum atomic E-state index is -4.51. The van der Waals surface area contributed by atoms with Gasteiger partial charge in [0.25, 0.3) is 5.91 Å². The quantitative estimate of drug-likeness (QED) is 0.572. The number of anilines is 1. The number of carbonyl (C=O) groups is 1. The minimum Gasteiger partial charge on any atom is -0.304 e. The molecule has 4 aromatic rings. The van der Waals surface area contributed by atoms with Crippen LogP contribution in [0.25, 0.3) is 16.9 Å². The fourth-order valence-corrected chi connectivity index (χ4v) is 3.09. The van der Waals surface area contributed by atoms with E-state index < -0.39 is 17.6 Å². The molecule has 136 valence electrons. The lowest BCUT2D eigenvalue weighted by Crippen LogP contribution is -2.14. The van der Waals surface area contributed by atoms with Gasteiger partial charge in [-0.05, 0) is 18.2 Å². The number of amides is 1. The second-order valence-electron chi connectivity index (χ2n) is 5.50. The number of benzene rings is 1. The van der Waals surface area contributed by atoms with Crippen molar-refractivity contribution in [1.82, 2.24) is 19.6 Å². The first kappa shape index (κ1) is 17.2. The summed E-state index contributed by atoms with van der Waals surface area (Å²) in [5, 5.41) is 8.43. The molecule has 3 aromatic heterocycles. The van der Waals surface area contributed by atoms with Gasteiger partial charge in [0, 0.05) is 10.9 Å². The van der Waals surface area contributed by atoms with Gasteiger partial charge < -0.3 is 5.32 Å². The number of nitrogens with zero attached hydrogens (tertiary/aromatic N) is 4. The van der Waals surface area contributed by atoms with E-state index in [1.165, 1.54) is 57.9 Å². The Labute approximate surface area is 154 Å². The molecular weight excluding hydrogens is 379 g/mol. The van der Waals surface area contributed by atoms with E-state index in [1.807, 2.05) is 0 Å². The Hall–Kier alpha value is -3.27. The molecule has 0 aliphatic rings. The Morgan fingerprint density at radius 2 is 1.93 bits per heavy atom. The number of imidazole rings is 1. The van der Waals surface area contributed by atoms with Crippen LogP contribution in [0.2, 0.25) is 0 Å². The molecule has 0 fully saturated rings. The predicted molar refractivity (Wildman–Crippen MR) is 93.5 cm³/mol. The van der Waals surface area contributed by atoms with Crippen molar-refractivity contribution < 1.29 is 18.0 Å². The topological polar surface area (TPSA) is 72.2 Å². The van der Waals surface area contributed by atoms with Gasteiger partial charge in [-0.25, -0.2) is 9.97 Å². The molecule has 6 nitrogen and oxygen atoms in total. The van der Waals surface area contributed by atoms with E-state index in [2.05, 4.69) is 20.4 Å². The molecule has 0 bridgehead atoms. The Morgan fingerprint density at radius 3 is 2.67 bits per heavy atom. The zero-order chi connectivity index (χ0) is 19.0. The third kappa shape index (κ3) is 3.26. The summed E-state index contributed by atoms with van der Waals surface area (Å²) in [5.74, 6) is -0.227. The zero-order valence-corrected chi connectivity index (χ0v) is 14.3. The fraction of sp³-hybridized carbons (Fsp3) is 0.0588. The van der Waals surface area contributed by atoms with Crippen LogP contribution in [-0.4, -0.2) is 25.5 Å². The maximum Gasteiger partial charge on any atom is 0.417 e. The highest BCUT2D eigenvalue weighted by Crippen LogP contribution is 2.36.